The summed E-state index contributed by atoms with van der Waals surface area (Å²) >= 11 is 0. The minimum absolute atomic E-state index is 0.140. The first kappa shape index (κ1) is 20.9. The van der Waals surface area contributed by atoms with Crippen LogP contribution in [0.4, 0.5) is 4.79 Å². The number of carbonyl (C=O) groups excluding carboxylic acids is 1. The van der Waals surface area contributed by atoms with Crippen LogP contribution in [0.5, 0.6) is 11.8 Å². The molecule has 2 N–H and O–H groups in total. The third kappa shape index (κ3) is 4.75. The highest BCUT2D eigenvalue weighted by Gasteiger charge is 2.50. The Balaban J connectivity index is 1.26. The van der Waals surface area contributed by atoms with Gasteiger partial charge in [-0.1, -0.05) is 19.3 Å². The number of aromatic nitrogens is 1. The summed E-state index contributed by atoms with van der Waals surface area (Å²) in [4.78, 5) is 16.5. The average Bonchev–Trinajstić information content (AvgIpc) is 3.19. The van der Waals surface area contributed by atoms with Crippen LogP contribution in [0.2, 0.25) is 6.32 Å². The fraction of sp³-hybridized carbons (Fsp3) is 0.737. The van der Waals surface area contributed by atoms with Gasteiger partial charge in [0.25, 0.3) is 0 Å². The molecule has 2 atom stereocenters. The molecule has 0 spiro atoms. The summed E-state index contributed by atoms with van der Waals surface area (Å²) in [6.45, 7) is 8.24. The molecule has 0 bridgehead atoms. The van der Waals surface area contributed by atoms with E-state index in [1.165, 1.54) is 12.1 Å². The summed E-state index contributed by atoms with van der Waals surface area (Å²) in [5.74, 6) is -0.399. The maximum atomic E-state index is 11.7. The molecule has 1 saturated carbocycles. The molecule has 0 aromatic carbocycles. The second-order valence-electron chi connectivity index (χ2n) is 8.66. The van der Waals surface area contributed by atoms with Crippen LogP contribution in [-0.2, 0) is 14.0 Å². The number of aromatic hydroxyl groups is 2. The minimum Gasteiger partial charge on any atom is -0.492 e. The number of nitrogens with zero attached hydrogens (tertiary/aromatic N) is 1. The van der Waals surface area contributed by atoms with E-state index in [4.69, 9.17) is 18.9 Å². The van der Waals surface area contributed by atoms with E-state index >= 15 is 0 Å². The van der Waals surface area contributed by atoms with Gasteiger partial charge in [-0.15, -0.1) is 4.73 Å². The predicted molar refractivity (Wildman–Crippen MR) is 102 cm³/mol. The van der Waals surface area contributed by atoms with Crippen molar-refractivity contribution in [3.8, 4) is 11.8 Å². The van der Waals surface area contributed by atoms with Gasteiger partial charge in [-0.3, -0.25) is 4.84 Å². The molecule has 1 aliphatic carbocycles. The highest BCUT2D eigenvalue weighted by molar-refractivity contribution is 6.45. The zero-order valence-corrected chi connectivity index (χ0v) is 17.0. The monoisotopic (exact) mass is 395 g/mol. The fourth-order valence-electron chi connectivity index (χ4n) is 3.36. The van der Waals surface area contributed by atoms with Crippen molar-refractivity contribution in [2.75, 3.05) is 0 Å². The van der Waals surface area contributed by atoms with Gasteiger partial charge in [0.2, 0.25) is 11.8 Å². The Morgan fingerprint density at radius 3 is 2.36 bits per heavy atom. The maximum Gasteiger partial charge on any atom is 0.534 e. The van der Waals surface area contributed by atoms with Crippen LogP contribution in [0.25, 0.3) is 0 Å². The second kappa shape index (κ2) is 7.87. The first-order valence-electron chi connectivity index (χ1n) is 9.93. The summed E-state index contributed by atoms with van der Waals surface area (Å²) in [5, 5.41) is 18.9. The minimum atomic E-state index is -0.935. The third-order valence-corrected chi connectivity index (χ3v) is 5.89. The largest absolute Gasteiger partial charge is 0.534 e. The van der Waals surface area contributed by atoms with Gasteiger partial charge in [0.05, 0.1) is 11.2 Å². The Bertz CT molecular complexity index is 667. The highest BCUT2D eigenvalue weighted by atomic mass is 16.8. The molecule has 9 heteroatoms. The molecule has 1 aliphatic heterocycles. The molecule has 2 aliphatic rings. The smallest absolute Gasteiger partial charge is 0.492 e. The molecule has 0 radical (unpaired) electrons. The van der Waals surface area contributed by atoms with E-state index in [-0.39, 0.29) is 36.2 Å². The molecule has 1 aromatic heterocycles. The van der Waals surface area contributed by atoms with Crippen molar-refractivity contribution in [2.45, 2.75) is 83.4 Å². The van der Waals surface area contributed by atoms with Crippen LogP contribution in [0.15, 0.2) is 12.1 Å². The Hall–Kier alpha value is -1.87. The lowest BCUT2D eigenvalue weighted by Gasteiger charge is -2.32. The number of ether oxygens (including phenoxy) is 1. The molecule has 1 aromatic rings. The SMILES string of the molecule is CC1(C)OB(CCCCC[C@@H]2C[C@H]2OC(=O)On2c(O)ccc2O)OC1(C)C. The topological polar surface area (TPSA) is 99.4 Å². The van der Waals surface area contributed by atoms with E-state index in [2.05, 4.69) is 27.7 Å². The zero-order chi connectivity index (χ0) is 20.5. The van der Waals surface area contributed by atoms with Gasteiger partial charge in [0, 0.05) is 12.1 Å². The summed E-state index contributed by atoms with van der Waals surface area (Å²) in [5.41, 5.74) is -0.557. The first-order chi connectivity index (χ1) is 13.1. The summed E-state index contributed by atoms with van der Waals surface area (Å²) < 4.78 is 17.8. The molecule has 1 saturated heterocycles. The van der Waals surface area contributed by atoms with Gasteiger partial charge in [-0.25, -0.2) is 4.79 Å². The molecule has 3 rings (SSSR count). The number of hydrogen-bond donors (Lipinski definition) is 2. The van der Waals surface area contributed by atoms with Crippen molar-refractivity contribution in [1.29, 1.82) is 0 Å². The van der Waals surface area contributed by atoms with E-state index in [1.54, 1.807) is 0 Å². The van der Waals surface area contributed by atoms with Gasteiger partial charge in [0.15, 0.2) is 0 Å². The van der Waals surface area contributed by atoms with Crippen LogP contribution in [-0.4, -0.2) is 45.5 Å². The number of unbranched alkanes of at least 4 members (excludes halogenated alkanes) is 2. The normalized spacial score (nSPS) is 24.9. The van der Waals surface area contributed by atoms with Crippen molar-refractivity contribution in [2.24, 2.45) is 5.92 Å². The van der Waals surface area contributed by atoms with Crippen molar-refractivity contribution >= 4 is 13.3 Å². The molecule has 0 unspecified atom stereocenters. The predicted octanol–water partition coefficient (Wildman–Crippen LogP) is 3.51. The van der Waals surface area contributed by atoms with Crippen molar-refractivity contribution in [3.05, 3.63) is 12.1 Å². The molecule has 156 valence electrons. The Morgan fingerprint density at radius 1 is 1.14 bits per heavy atom. The number of carbonyl (C=O) groups is 1. The quantitative estimate of drug-likeness (QED) is 0.395. The van der Waals surface area contributed by atoms with Gasteiger partial charge < -0.3 is 24.3 Å². The Labute approximate surface area is 165 Å². The Morgan fingerprint density at radius 2 is 1.75 bits per heavy atom. The van der Waals surface area contributed by atoms with Crippen LogP contribution >= 0.6 is 0 Å². The Kier molecular flexibility index (Phi) is 5.86. The molecular weight excluding hydrogens is 365 g/mol. The fourth-order valence-corrected chi connectivity index (χ4v) is 3.36. The van der Waals surface area contributed by atoms with Gasteiger partial charge >= 0.3 is 13.3 Å². The van der Waals surface area contributed by atoms with E-state index in [0.717, 1.165) is 38.4 Å². The van der Waals surface area contributed by atoms with Crippen molar-refractivity contribution in [1.82, 2.24) is 4.73 Å². The van der Waals surface area contributed by atoms with Gasteiger partial charge in [0.1, 0.15) is 6.10 Å². The van der Waals surface area contributed by atoms with Gasteiger partial charge in [-0.2, -0.15) is 0 Å². The standard InChI is InChI=1S/C19H30BNO7/c1-18(2)19(3,4)28-20(27-18)11-7-5-6-8-13-12-14(13)25-17(24)26-21-15(22)9-10-16(21)23/h9-10,13-14,22-23H,5-8,11-12H2,1-4H3/t13-,14-/m1/s1. The van der Waals surface area contributed by atoms with Crippen LogP contribution < -0.4 is 4.84 Å². The summed E-state index contributed by atoms with van der Waals surface area (Å²) in [6, 6.07) is 2.43. The van der Waals surface area contributed by atoms with E-state index in [0.29, 0.717) is 10.6 Å². The first-order valence-corrected chi connectivity index (χ1v) is 9.93. The lowest BCUT2D eigenvalue weighted by molar-refractivity contribution is 0.00578. The van der Waals surface area contributed by atoms with E-state index in [9.17, 15) is 15.0 Å². The molecule has 0 amide bonds. The molecule has 2 fully saturated rings. The molecule has 28 heavy (non-hydrogen) atoms. The molecule has 8 nitrogen and oxygen atoms in total. The highest BCUT2D eigenvalue weighted by Crippen LogP contribution is 2.40. The third-order valence-electron chi connectivity index (χ3n) is 5.89. The maximum absolute atomic E-state index is 11.7. The molecule has 2 heterocycles. The van der Waals surface area contributed by atoms with E-state index in [1.807, 2.05) is 0 Å². The van der Waals surface area contributed by atoms with E-state index < -0.39 is 6.16 Å². The number of hydrogen-bond acceptors (Lipinski definition) is 7. The van der Waals surface area contributed by atoms with Crippen molar-refractivity contribution in [3.63, 3.8) is 0 Å². The summed E-state index contributed by atoms with van der Waals surface area (Å²) in [7, 11) is -0.140. The van der Waals surface area contributed by atoms with Gasteiger partial charge in [-0.05, 0) is 52.8 Å². The number of rotatable bonds is 8. The van der Waals surface area contributed by atoms with Crippen LogP contribution in [0.3, 0.4) is 0 Å². The van der Waals surface area contributed by atoms with Crippen LogP contribution in [0.1, 0.15) is 59.8 Å². The molecular formula is C19H30BNO7. The zero-order valence-electron chi connectivity index (χ0n) is 17.0. The second-order valence-corrected chi connectivity index (χ2v) is 8.66. The lowest BCUT2D eigenvalue weighted by Crippen LogP contribution is -2.41. The lowest BCUT2D eigenvalue weighted by atomic mass is 9.82. The average molecular weight is 395 g/mol. The van der Waals surface area contributed by atoms with Crippen LogP contribution in [0, 0.1) is 5.92 Å². The van der Waals surface area contributed by atoms with Crippen molar-refractivity contribution < 1.29 is 33.9 Å². The summed E-state index contributed by atoms with van der Waals surface area (Å²) in [6.07, 6.45) is 4.75.